The van der Waals surface area contributed by atoms with Gasteiger partial charge in [-0.2, -0.15) is 0 Å². The monoisotopic (exact) mass is 305 g/mol. The van der Waals surface area contributed by atoms with Gasteiger partial charge in [-0.25, -0.2) is 0 Å². The van der Waals surface area contributed by atoms with Gasteiger partial charge in [0, 0.05) is 15.0 Å². The van der Waals surface area contributed by atoms with Crippen molar-refractivity contribution in [1.82, 2.24) is 0 Å². The van der Waals surface area contributed by atoms with Crippen molar-refractivity contribution in [2.24, 2.45) is 11.1 Å². The van der Waals surface area contributed by atoms with E-state index < -0.39 is 0 Å². The van der Waals surface area contributed by atoms with Crippen LogP contribution in [0.1, 0.15) is 81.6 Å². The summed E-state index contributed by atoms with van der Waals surface area (Å²) in [5, 5.41) is 0. The minimum absolute atomic E-state index is 0.0934. The average Bonchev–Trinajstić information content (AvgIpc) is 2.10. The van der Waals surface area contributed by atoms with Crippen molar-refractivity contribution in [2.45, 2.75) is 96.6 Å². The maximum Gasteiger partial charge on any atom is 0.0224 e. The Labute approximate surface area is 129 Å². The molecule has 0 aliphatic heterocycles. The molecule has 0 aliphatic rings. The Kier molecular flexibility index (Phi) is 6.85. The van der Waals surface area contributed by atoms with Crippen LogP contribution in [0.15, 0.2) is 0 Å². The van der Waals surface area contributed by atoms with Gasteiger partial charge in [0.15, 0.2) is 0 Å². The minimum atomic E-state index is -0.0934. The highest BCUT2D eigenvalue weighted by atomic mass is 33.1. The van der Waals surface area contributed by atoms with Crippen LogP contribution in [0.25, 0.3) is 0 Å². The smallest absolute Gasteiger partial charge is 0.0224 e. The van der Waals surface area contributed by atoms with E-state index in [1.807, 2.05) is 21.6 Å². The summed E-state index contributed by atoms with van der Waals surface area (Å²) < 4.78 is 0.525. The largest absolute Gasteiger partial charge is 0.326 e. The minimum Gasteiger partial charge on any atom is -0.326 e. The first-order chi connectivity index (χ1) is 8.18. The van der Waals surface area contributed by atoms with E-state index in [0.717, 1.165) is 6.42 Å². The van der Waals surface area contributed by atoms with Gasteiger partial charge in [-0.05, 0) is 59.8 Å². The Bertz CT molecular complexity index is 275. The number of hydrogen-bond donors (Lipinski definition) is 1. The number of nitrogens with two attached hydrogens (primary N) is 1. The summed E-state index contributed by atoms with van der Waals surface area (Å²) >= 11 is 0. The maximum absolute atomic E-state index is 6.16. The van der Waals surface area contributed by atoms with Crippen LogP contribution in [0.2, 0.25) is 0 Å². The lowest BCUT2D eigenvalue weighted by atomic mass is 9.81. The lowest BCUT2D eigenvalue weighted by Gasteiger charge is -2.37. The van der Waals surface area contributed by atoms with Crippen LogP contribution in [-0.2, 0) is 0 Å². The Morgan fingerprint density at radius 1 is 0.737 bits per heavy atom. The molecule has 3 heteroatoms. The molecule has 0 rings (SSSR count). The van der Waals surface area contributed by atoms with E-state index >= 15 is 0 Å². The Hall–Kier alpha value is 0.660. The van der Waals surface area contributed by atoms with Gasteiger partial charge < -0.3 is 5.73 Å². The van der Waals surface area contributed by atoms with E-state index in [1.165, 1.54) is 12.8 Å². The second kappa shape index (κ2) is 6.62. The van der Waals surface area contributed by atoms with Crippen LogP contribution in [-0.4, -0.2) is 15.0 Å². The maximum atomic E-state index is 6.16. The van der Waals surface area contributed by atoms with Crippen molar-refractivity contribution in [1.29, 1.82) is 0 Å². The van der Waals surface area contributed by atoms with Crippen molar-refractivity contribution in [3.05, 3.63) is 0 Å². The molecule has 0 unspecified atom stereocenters. The molecule has 0 fully saturated rings. The molecule has 0 amide bonds. The second-order valence-electron chi connectivity index (χ2n) is 8.55. The van der Waals surface area contributed by atoms with Gasteiger partial charge >= 0.3 is 0 Å². The van der Waals surface area contributed by atoms with Crippen molar-refractivity contribution in [3.8, 4) is 0 Å². The van der Waals surface area contributed by atoms with Crippen molar-refractivity contribution >= 4 is 21.6 Å². The zero-order chi connectivity index (χ0) is 15.5. The average molecular weight is 306 g/mol. The van der Waals surface area contributed by atoms with Gasteiger partial charge in [-0.15, -0.1) is 0 Å². The summed E-state index contributed by atoms with van der Waals surface area (Å²) in [5.41, 5.74) is 6.49. The SMILES string of the molecule is CCC(C)(C)CC(C)(C)SSC(C)(C)CC(C)(C)N. The molecule has 0 saturated carbocycles. The van der Waals surface area contributed by atoms with Gasteiger partial charge in [-0.3, -0.25) is 0 Å². The van der Waals surface area contributed by atoms with Gasteiger partial charge in [0.2, 0.25) is 0 Å². The van der Waals surface area contributed by atoms with Crippen LogP contribution >= 0.6 is 21.6 Å². The third kappa shape index (κ3) is 10.1. The van der Waals surface area contributed by atoms with Crippen molar-refractivity contribution < 1.29 is 0 Å². The zero-order valence-corrected chi connectivity index (χ0v) is 16.1. The molecule has 0 aliphatic carbocycles. The Morgan fingerprint density at radius 3 is 1.42 bits per heavy atom. The molecule has 116 valence electrons. The molecule has 19 heavy (non-hydrogen) atoms. The Balaban J connectivity index is 4.45. The highest BCUT2D eigenvalue weighted by molar-refractivity contribution is 8.77. The first-order valence-electron chi connectivity index (χ1n) is 7.34. The molecule has 0 bridgehead atoms. The number of hydrogen-bond acceptors (Lipinski definition) is 3. The van der Waals surface area contributed by atoms with Crippen molar-refractivity contribution in [3.63, 3.8) is 0 Å². The van der Waals surface area contributed by atoms with Crippen LogP contribution in [0.4, 0.5) is 0 Å². The first kappa shape index (κ1) is 19.7. The third-order valence-electron chi connectivity index (χ3n) is 3.24. The van der Waals surface area contributed by atoms with Gasteiger partial charge in [0.25, 0.3) is 0 Å². The van der Waals surface area contributed by atoms with Crippen molar-refractivity contribution in [2.75, 3.05) is 0 Å². The molecule has 0 saturated heterocycles. The van der Waals surface area contributed by atoms with Crippen LogP contribution < -0.4 is 5.73 Å². The van der Waals surface area contributed by atoms with E-state index in [9.17, 15) is 0 Å². The summed E-state index contributed by atoms with van der Waals surface area (Å²) in [4.78, 5) is 0. The Morgan fingerprint density at radius 2 is 1.11 bits per heavy atom. The lowest BCUT2D eigenvalue weighted by Crippen LogP contribution is -2.38. The van der Waals surface area contributed by atoms with E-state index in [4.69, 9.17) is 5.73 Å². The molecule has 0 atom stereocenters. The fraction of sp³-hybridized carbons (Fsp3) is 1.00. The normalized spacial score (nSPS) is 14.8. The van der Waals surface area contributed by atoms with Crippen LogP contribution in [0.3, 0.4) is 0 Å². The molecule has 1 nitrogen and oxygen atoms in total. The summed E-state index contributed by atoms with van der Waals surface area (Å²) in [5.74, 6) is 0. The van der Waals surface area contributed by atoms with Gasteiger partial charge in [-0.1, -0.05) is 48.8 Å². The predicted molar refractivity (Wildman–Crippen MR) is 94.9 cm³/mol. The molecule has 0 aromatic rings. The van der Waals surface area contributed by atoms with E-state index in [1.54, 1.807) is 0 Å². The summed E-state index contributed by atoms with van der Waals surface area (Å²) in [6.07, 6.45) is 3.52. The van der Waals surface area contributed by atoms with Crippen LogP contribution in [0.5, 0.6) is 0 Å². The quantitative estimate of drug-likeness (QED) is 0.567. The fourth-order valence-electron chi connectivity index (χ4n) is 2.66. The zero-order valence-electron chi connectivity index (χ0n) is 14.5. The fourth-order valence-corrected chi connectivity index (χ4v) is 5.70. The highest BCUT2D eigenvalue weighted by Gasteiger charge is 2.33. The molecule has 0 spiro atoms. The third-order valence-corrected chi connectivity index (χ3v) is 7.47. The molecular formula is C16H35NS2. The number of rotatable bonds is 8. The molecule has 0 aromatic carbocycles. The molecule has 0 aromatic heterocycles. The first-order valence-corrected chi connectivity index (χ1v) is 9.49. The van der Waals surface area contributed by atoms with Gasteiger partial charge in [0.1, 0.15) is 0 Å². The van der Waals surface area contributed by atoms with Crippen LogP contribution in [0, 0.1) is 5.41 Å². The molecule has 0 radical (unpaired) electrons. The summed E-state index contributed by atoms with van der Waals surface area (Å²) in [6, 6.07) is 0. The summed E-state index contributed by atoms with van der Waals surface area (Å²) in [7, 11) is 4.03. The van der Waals surface area contributed by atoms with E-state index in [2.05, 4.69) is 62.3 Å². The second-order valence-corrected chi connectivity index (χ2v) is 12.1. The lowest BCUT2D eigenvalue weighted by molar-refractivity contribution is 0.293. The standard InChI is InChI=1S/C16H35NS2/c1-10-13(2,3)11-15(6,7)18-19-16(8,9)12-14(4,5)17/h10-12,17H2,1-9H3. The van der Waals surface area contributed by atoms with Gasteiger partial charge in [0.05, 0.1) is 0 Å². The summed E-state index contributed by atoms with van der Waals surface area (Å²) in [6.45, 7) is 20.6. The van der Waals surface area contributed by atoms with E-state index in [-0.39, 0.29) is 10.3 Å². The molecular weight excluding hydrogens is 270 g/mol. The topological polar surface area (TPSA) is 26.0 Å². The highest BCUT2D eigenvalue weighted by Crippen LogP contribution is 2.50. The van der Waals surface area contributed by atoms with E-state index in [0.29, 0.717) is 10.2 Å². The molecule has 2 N–H and O–H groups in total. The predicted octanol–water partition coefficient (Wildman–Crippen LogP) is 5.88. The molecule has 0 heterocycles.